The molecule has 3 rings (SSSR count). The second kappa shape index (κ2) is 7.64. The number of carbonyl (C=O) groups is 1. The largest absolute Gasteiger partial charge is 0.334 e. The summed E-state index contributed by atoms with van der Waals surface area (Å²) in [6.07, 6.45) is 5.46. The molecule has 2 aromatic heterocycles. The average molecular weight is 360 g/mol. The Morgan fingerprint density at radius 2 is 2.04 bits per heavy atom. The van der Waals surface area contributed by atoms with E-state index in [1.54, 1.807) is 12.5 Å². The van der Waals surface area contributed by atoms with Gasteiger partial charge in [0.25, 0.3) is 5.91 Å². The van der Waals surface area contributed by atoms with Crippen LogP contribution < -0.4 is 0 Å². The summed E-state index contributed by atoms with van der Waals surface area (Å²) in [6, 6.07) is 11.6. The van der Waals surface area contributed by atoms with Gasteiger partial charge < -0.3 is 9.47 Å². The first-order valence-electron chi connectivity index (χ1n) is 7.74. The predicted octanol–water partition coefficient (Wildman–Crippen LogP) is 4.31. The van der Waals surface area contributed by atoms with Crippen LogP contribution in [0.1, 0.15) is 27.7 Å². The van der Waals surface area contributed by atoms with Crippen molar-refractivity contribution < 1.29 is 4.79 Å². The summed E-state index contributed by atoms with van der Waals surface area (Å²) >= 11 is 7.48. The number of benzene rings is 1. The molecule has 0 atom stereocenters. The van der Waals surface area contributed by atoms with Crippen molar-refractivity contribution in [3.8, 4) is 0 Å². The van der Waals surface area contributed by atoms with Crippen molar-refractivity contribution in [2.24, 2.45) is 0 Å². The fourth-order valence-electron chi connectivity index (χ4n) is 2.48. The van der Waals surface area contributed by atoms with Crippen molar-refractivity contribution in [2.45, 2.75) is 20.0 Å². The molecule has 0 unspecified atom stereocenters. The minimum Gasteiger partial charge on any atom is -0.334 e. The summed E-state index contributed by atoms with van der Waals surface area (Å²) in [6.45, 7) is 3.98. The van der Waals surface area contributed by atoms with E-state index in [9.17, 15) is 4.79 Å². The highest BCUT2D eigenvalue weighted by molar-refractivity contribution is 7.16. The van der Waals surface area contributed by atoms with Crippen molar-refractivity contribution in [1.29, 1.82) is 0 Å². The van der Waals surface area contributed by atoms with Crippen LogP contribution in [0.5, 0.6) is 0 Å². The van der Waals surface area contributed by atoms with Crippen LogP contribution in [-0.4, -0.2) is 26.9 Å². The van der Waals surface area contributed by atoms with Gasteiger partial charge in [-0.3, -0.25) is 4.79 Å². The van der Waals surface area contributed by atoms with Crippen molar-refractivity contribution in [3.63, 3.8) is 0 Å². The Labute approximate surface area is 150 Å². The highest BCUT2D eigenvalue weighted by atomic mass is 35.5. The van der Waals surface area contributed by atoms with E-state index in [0.717, 1.165) is 21.3 Å². The number of aromatic nitrogens is 2. The van der Waals surface area contributed by atoms with E-state index in [1.165, 1.54) is 11.3 Å². The first-order chi connectivity index (χ1) is 11.7. The normalized spacial score (nSPS) is 10.8. The standard InChI is InChI=1S/C18H18ClN3OS/c1-2-22(12-16-7-8-17(19)24-16)18(23)15-5-3-14(4-6-15)11-21-10-9-20-13-21/h3-10,13H,2,11-12H2,1H3. The van der Waals surface area contributed by atoms with Gasteiger partial charge >= 0.3 is 0 Å². The van der Waals surface area contributed by atoms with Crippen LogP contribution in [0.2, 0.25) is 4.34 Å². The second-order valence-electron chi connectivity index (χ2n) is 5.46. The van der Waals surface area contributed by atoms with E-state index in [1.807, 2.05) is 59.0 Å². The van der Waals surface area contributed by atoms with E-state index in [2.05, 4.69) is 4.98 Å². The zero-order valence-electron chi connectivity index (χ0n) is 13.4. The first-order valence-corrected chi connectivity index (χ1v) is 8.93. The monoisotopic (exact) mass is 359 g/mol. The van der Waals surface area contributed by atoms with Crippen LogP contribution in [0, 0.1) is 0 Å². The van der Waals surface area contributed by atoms with Gasteiger partial charge in [-0.05, 0) is 36.8 Å². The Morgan fingerprint density at radius 1 is 1.25 bits per heavy atom. The SMILES string of the molecule is CCN(Cc1ccc(Cl)s1)C(=O)c1ccc(Cn2ccnc2)cc1. The van der Waals surface area contributed by atoms with E-state index >= 15 is 0 Å². The minimum absolute atomic E-state index is 0.0382. The quantitative estimate of drug-likeness (QED) is 0.657. The maximum Gasteiger partial charge on any atom is 0.254 e. The number of halogens is 1. The Hall–Kier alpha value is -2.11. The molecule has 124 valence electrons. The molecule has 0 bridgehead atoms. The smallest absolute Gasteiger partial charge is 0.254 e. The van der Waals surface area contributed by atoms with Crippen LogP contribution >= 0.6 is 22.9 Å². The van der Waals surface area contributed by atoms with Gasteiger partial charge in [0.05, 0.1) is 17.2 Å². The molecule has 2 heterocycles. The Bertz CT molecular complexity index is 796. The Kier molecular flexibility index (Phi) is 5.33. The van der Waals surface area contributed by atoms with Gasteiger partial charge in [0, 0.05) is 35.9 Å². The van der Waals surface area contributed by atoms with E-state index in [0.29, 0.717) is 18.7 Å². The summed E-state index contributed by atoms with van der Waals surface area (Å²) in [4.78, 5) is 19.6. The van der Waals surface area contributed by atoms with Crippen molar-refractivity contribution in [2.75, 3.05) is 6.54 Å². The highest BCUT2D eigenvalue weighted by Crippen LogP contribution is 2.23. The highest BCUT2D eigenvalue weighted by Gasteiger charge is 2.15. The lowest BCUT2D eigenvalue weighted by Gasteiger charge is -2.20. The van der Waals surface area contributed by atoms with Crippen molar-refractivity contribution >= 4 is 28.8 Å². The number of nitrogens with zero attached hydrogens (tertiary/aromatic N) is 3. The third-order valence-corrected chi connectivity index (χ3v) is 4.99. The van der Waals surface area contributed by atoms with Crippen molar-refractivity contribution in [3.05, 3.63) is 75.5 Å². The molecular weight excluding hydrogens is 342 g/mol. The lowest BCUT2D eigenvalue weighted by Crippen LogP contribution is -2.29. The Balaban J connectivity index is 1.68. The second-order valence-corrected chi connectivity index (χ2v) is 7.26. The number of hydrogen-bond donors (Lipinski definition) is 0. The molecule has 0 fully saturated rings. The number of carbonyl (C=O) groups excluding carboxylic acids is 1. The molecule has 0 aliphatic heterocycles. The van der Waals surface area contributed by atoms with Gasteiger partial charge in [-0.2, -0.15) is 0 Å². The van der Waals surface area contributed by atoms with E-state index < -0.39 is 0 Å². The van der Waals surface area contributed by atoms with Gasteiger partial charge in [0.1, 0.15) is 0 Å². The Morgan fingerprint density at radius 3 is 2.62 bits per heavy atom. The number of amides is 1. The molecule has 24 heavy (non-hydrogen) atoms. The van der Waals surface area contributed by atoms with Gasteiger partial charge in [0.2, 0.25) is 0 Å². The number of rotatable bonds is 6. The number of thiophene rings is 1. The third kappa shape index (κ3) is 4.04. The molecule has 0 saturated carbocycles. The fraction of sp³-hybridized carbons (Fsp3) is 0.222. The van der Waals surface area contributed by atoms with Crippen LogP contribution in [0.3, 0.4) is 0 Å². The molecule has 1 amide bonds. The zero-order chi connectivity index (χ0) is 16.9. The molecule has 1 aromatic carbocycles. The van der Waals surface area contributed by atoms with Gasteiger partial charge in [-0.25, -0.2) is 4.98 Å². The van der Waals surface area contributed by atoms with Gasteiger partial charge in [-0.1, -0.05) is 23.7 Å². The molecule has 0 aliphatic carbocycles. The molecule has 3 aromatic rings. The summed E-state index contributed by atoms with van der Waals surface area (Å²) in [5.74, 6) is 0.0382. The van der Waals surface area contributed by atoms with Crippen LogP contribution in [0.4, 0.5) is 0 Å². The maximum absolute atomic E-state index is 12.7. The van der Waals surface area contributed by atoms with E-state index in [4.69, 9.17) is 11.6 Å². The number of hydrogen-bond acceptors (Lipinski definition) is 3. The summed E-state index contributed by atoms with van der Waals surface area (Å²) in [7, 11) is 0. The lowest BCUT2D eigenvalue weighted by atomic mass is 10.1. The molecule has 0 spiro atoms. The molecule has 0 aliphatic rings. The van der Waals surface area contributed by atoms with Crippen LogP contribution in [0.25, 0.3) is 0 Å². The predicted molar refractivity (Wildman–Crippen MR) is 97.5 cm³/mol. The molecule has 0 radical (unpaired) electrons. The molecule has 0 N–H and O–H groups in total. The molecular formula is C18H18ClN3OS. The summed E-state index contributed by atoms with van der Waals surface area (Å²) in [5, 5.41) is 0. The lowest BCUT2D eigenvalue weighted by molar-refractivity contribution is 0.0754. The van der Waals surface area contributed by atoms with Gasteiger partial charge in [-0.15, -0.1) is 11.3 Å². The molecule has 6 heteroatoms. The minimum atomic E-state index is 0.0382. The van der Waals surface area contributed by atoms with Crippen LogP contribution in [0.15, 0.2) is 55.1 Å². The fourth-order valence-corrected chi connectivity index (χ4v) is 3.58. The average Bonchev–Trinajstić information content (AvgIpc) is 3.24. The summed E-state index contributed by atoms with van der Waals surface area (Å²) < 4.78 is 2.74. The zero-order valence-corrected chi connectivity index (χ0v) is 14.9. The maximum atomic E-state index is 12.7. The topological polar surface area (TPSA) is 38.1 Å². The third-order valence-electron chi connectivity index (χ3n) is 3.77. The molecule has 4 nitrogen and oxygen atoms in total. The van der Waals surface area contributed by atoms with Crippen molar-refractivity contribution in [1.82, 2.24) is 14.5 Å². The molecule has 0 saturated heterocycles. The first kappa shape index (κ1) is 16.7. The van der Waals surface area contributed by atoms with E-state index in [-0.39, 0.29) is 5.91 Å². The van der Waals surface area contributed by atoms with Gasteiger partial charge in [0.15, 0.2) is 0 Å². The van der Waals surface area contributed by atoms with Crippen LogP contribution in [-0.2, 0) is 13.1 Å². The summed E-state index contributed by atoms with van der Waals surface area (Å²) in [5.41, 5.74) is 1.84. The number of imidazole rings is 1.